The highest BCUT2D eigenvalue weighted by Crippen LogP contribution is 2.31. The molecule has 0 aromatic heterocycles. The molecule has 0 saturated carbocycles. The van der Waals surface area contributed by atoms with Crippen molar-refractivity contribution in [3.63, 3.8) is 0 Å². The number of rotatable bonds is 7. The van der Waals surface area contributed by atoms with E-state index in [-0.39, 0.29) is 10.3 Å². The maximum Gasteiger partial charge on any atom is 0.302 e. The SMILES string of the molecule is CC(=O)OCC=C(CCl)CCC(Br)C(C)(C)Br. The molecular weight excluding hydrogens is 371 g/mol. The molecule has 0 amide bonds. The Morgan fingerprint density at radius 1 is 1.53 bits per heavy atom. The number of hydrogen-bond donors (Lipinski definition) is 0. The summed E-state index contributed by atoms with van der Waals surface area (Å²) in [6.07, 6.45) is 3.77. The lowest BCUT2D eigenvalue weighted by Crippen LogP contribution is -2.24. The third-order valence-corrected chi connectivity index (χ3v) is 5.41. The van der Waals surface area contributed by atoms with E-state index in [2.05, 4.69) is 45.7 Å². The van der Waals surface area contributed by atoms with E-state index < -0.39 is 0 Å². The molecule has 0 saturated heterocycles. The first-order valence-corrected chi connectivity index (χ1v) is 7.72. The Kier molecular flexibility index (Phi) is 8.77. The Balaban J connectivity index is 4.09. The molecule has 0 rings (SSSR count). The third-order valence-electron chi connectivity index (χ3n) is 2.29. The molecule has 1 atom stereocenters. The highest BCUT2D eigenvalue weighted by molar-refractivity contribution is 9.12. The predicted octanol–water partition coefficient (Wildman–Crippen LogP) is 4.43. The Labute approximate surface area is 125 Å². The molecule has 0 radical (unpaired) electrons. The Morgan fingerprint density at radius 2 is 2.12 bits per heavy atom. The van der Waals surface area contributed by atoms with Gasteiger partial charge in [-0.15, -0.1) is 11.6 Å². The summed E-state index contributed by atoms with van der Waals surface area (Å²) in [6.45, 7) is 5.95. The number of carbonyl (C=O) groups is 1. The predicted molar refractivity (Wildman–Crippen MR) is 80.4 cm³/mol. The van der Waals surface area contributed by atoms with E-state index in [0.29, 0.717) is 17.3 Å². The number of alkyl halides is 3. The van der Waals surface area contributed by atoms with Crippen molar-refractivity contribution in [2.24, 2.45) is 0 Å². The first kappa shape index (κ1) is 17.5. The molecule has 100 valence electrons. The van der Waals surface area contributed by atoms with Crippen molar-refractivity contribution in [3.05, 3.63) is 11.6 Å². The summed E-state index contributed by atoms with van der Waals surface area (Å²) in [4.78, 5) is 11.0. The molecule has 1 unspecified atom stereocenters. The summed E-state index contributed by atoms with van der Waals surface area (Å²) in [5.74, 6) is 0.207. The van der Waals surface area contributed by atoms with Crippen LogP contribution in [0.3, 0.4) is 0 Å². The molecule has 0 N–H and O–H groups in total. The minimum Gasteiger partial charge on any atom is -0.462 e. The van der Waals surface area contributed by atoms with Crippen LogP contribution in [0.1, 0.15) is 33.6 Å². The summed E-state index contributed by atoms with van der Waals surface area (Å²) in [5.41, 5.74) is 1.11. The highest BCUT2D eigenvalue weighted by atomic mass is 79.9. The van der Waals surface area contributed by atoms with Crippen molar-refractivity contribution in [3.8, 4) is 0 Å². The summed E-state index contributed by atoms with van der Waals surface area (Å²) < 4.78 is 4.91. The van der Waals surface area contributed by atoms with Crippen molar-refractivity contribution in [2.75, 3.05) is 12.5 Å². The van der Waals surface area contributed by atoms with Crippen LogP contribution in [-0.4, -0.2) is 27.6 Å². The summed E-state index contributed by atoms with van der Waals surface area (Å²) in [7, 11) is 0. The number of esters is 1. The molecule has 0 bridgehead atoms. The summed E-state index contributed by atoms with van der Waals surface area (Å²) >= 11 is 13.1. The average molecular weight is 391 g/mol. The maximum absolute atomic E-state index is 10.6. The summed E-state index contributed by atoms with van der Waals surface area (Å²) in [6, 6.07) is 0. The van der Waals surface area contributed by atoms with Crippen molar-refractivity contribution in [1.82, 2.24) is 0 Å². The first-order chi connectivity index (χ1) is 7.77. The van der Waals surface area contributed by atoms with E-state index in [4.69, 9.17) is 16.3 Å². The van der Waals surface area contributed by atoms with E-state index in [1.165, 1.54) is 6.92 Å². The summed E-state index contributed by atoms with van der Waals surface area (Å²) in [5, 5.41) is 0. The van der Waals surface area contributed by atoms with Gasteiger partial charge in [-0.3, -0.25) is 4.79 Å². The van der Waals surface area contributed by atoms with Gasteiger partial charge in [0.15, 0.2) is 0 Å². The number of ether oxygens (including phenoxy) is 1. The molecule has 0 aliphatic carbocycles. The Bertz CT molecular complexity index is 272. The van der Waals surface area contributed by atoms with Gasteiger partial charge in [0.1, 0.15) is 6.61 Å². The van der Waals surface area contributed by atoms with Crippen molar-refractivity contribution in [2.45, 2.75) is 42.8 Å². The van der Waals surface area contributed by atoms with Gasteiger partial charge < -0.3 is 4.74 Å². The zero-order valence-corrected chi connectivity index (χ0v) is 14.4. The van der Waals surface area contributed by atoms with E-state index in [1.807, 2.05) is 6.08 Å². The van der Waals surface area contributed by atoms with Crippen molar-refractivity contribution < 1.29 is 9.53 Å². The molecule has 0 heterocycles. The molecule has 0 fully saturated rings. The van der Waals surface area contributed by atoms with Gasteiger partial charge >= 0.3 is 5.97 Å². The van der Waals surface area contributed by atoms with Crippen LogP contribution in [0.15, 0.2) is 11.6 Å². The molecular formula is C12H19Br2ClO2. The fourth-order valence-corrected chi connectivity index (χ4v) is 1.86. The smallest absolute Gasteiger partial charge is 0.302 e. The monoisotopic (exact) mass is 388 g/mol. The minimum absolute atomic E-state index is 0.0559. The fourth-order valence-electron chi connectivity index (χ4n) is 1.16. The number of halogens is 3. The second-order valence-corrected chi connectivity index (χ2v) is 7.79. The van der Waals surface area contributed by atoms with Gasteiger partial charge in [-0.25, -0.2) is 0 Å². The topological polar surface area (TPSA) is 26.3 Å². The van der Waals surface area contributed by atoms with Gasteiger partial charge in [0, 0.05) is 22.0 Å². The largest absolute Gasteiger partial charge is 0.462 e. The van der Waals surface area contributed by atoms with Crippen LogP contribution in [0, 0.1) is 0 Å². The van der Waals surface area contributed by atoms with Crippen molar-refractivity contribution >= 4 is 49.4 Å². The van der Waals surface area contributed by atoms with E-state index in [0.717, 1.165) is 18.4 Å². The lowest BCUT2D eigenvalue weighted by Gasteiger charge is -2.23. The van der Waals surface area contributed by atoms with Gasteiger partial charge in [0.05, 0.1) is 0 Å². The zero-order valence-electron chi connectivity index (χ0n) is 10.4. The quantitative estimate of drug-likeness (QED) is 0.365. The molecule has 0 spiro atoms. The van der Waals surface area contributed by atoms with Gasteiger partial charge in [0.2, 0.25) is 0 Å². The standard InChI is InChI=1S/C12H19Br2ClO2/c1-9(16)17-7-6-10(8-15)4-5-11(13)12(2,3)14/h6,11H,4-5,7-8H2,1-3H3. The molecule has 0 aromatic carbocycles. The molecule has 5 heteroatoms. The van der Waals surface area contributed by atoms with E-state index >= 15 is 0 Å². The van der Waals surface area contributed by atoms with Gasteiger partial charge in [-0.1, -0.05) is 37.4 Å². The van der Waals surface area contributed by atoms with Gasteiger partial charge in [0.25, 0.3) is 0 Å². The van der Waals surface area contributed by atoms with Crippen LogP contribution in [-0.2, 0) is 9.53 Å². The second-order valence-electron chi connectivity index (χ2n) is 4.37. The van der Waals surface area contributed by atoms with Crippen LogP contribution in [0.5, 0.6) is 0 Å². The number of hydrogen-bond acceptors (Lipinski definition) is 2. The van der Waals surface area contributed by atoms with Crippen LogP contribution >= 0.6 is 43.5 Å². The zero-order chi connectivity index (χ0) is 13.5. The number of allylic oxidation sites excluding steroid dienone is 1. The first-order valence-electron chi connectivity index (χ1n) is 5.47. The van der Waals surface area contributed by atoms with E-state index in [1.54, 1.807) is 0 Å². The van der Waals surface area contributed by atoms with Gasteiger partial charge in [-0.05, 0) is 32.8 Å². The van der Waals surface area contributed by atoms with Crippen LogP contribution in [0.2, 0.25) is 0 Å². The molecule has 0 aliphatic rings. The molecule has 17 heavy (non-hydrogen) atoms. The van der Waals surface area contributed by atoms with Crippen molar-refractivity contribution in [1.29, 1.82) is 0 Å². The lowest BCUT2D eigenvalue weighted by atomic mass is 10.0. The Hall–Kier alpha value is 0.460. The molecule has 0 aliphatic heterocycles. The average Bonchev–Trinajstić information content (AvgIpc) is 2.20. The van der Waals surface area contributed by atoms with Crippen LogP contribution < -0.4 is 0 Å². The maximum atomic E-state index is 10.6. The fraction of sp³-hybridized carbons (Fsp3) is 0.750. The lowest BCUT2D eigenvalue weighted by molar-refractivity contribution is -0.139. The highest BCUT2D eigenvalue weighted by Gasteiger charge is 2.23. The molecule has 2 nitrogen and oxygen atoms in total. The normalized spacial score (nSPS) is 14.6. The van der Waals surface area contributed by atoms with Gasteiger partial charge in [-0.2, -0.15) is 0 Å². The van der Waals surface area contributed by atoms with E-state index in [9.17, 15) is 4.79 Å². The Morgan fingerprint density at radius 3 is 2.53 bits per heavy atom. The molecule has 0 aromatic rings. The van der Waals surface area contributed by atoms with Crippen LogP contribution in [0.4, 0.5) is 0 Å². The van der Waals surface area contributed by atoms with Crippen LogP contribution in [0.25, 0.3) is 0 Å². The third kappa shape index (κ3) is 9.09. The number of carbonyl (C=O) groups excluding carboxylic acids is 1. The minimum atomic E-state index is -0.268. The second kappa shape index (κ2) is 8.54.